The fraction of sp³-hybridized carbons (Fsp3) is 0.0500. The molecule has 0 saturated heterocycles. The van der Waals surface area contributed by atoms with Crippen molar-refractivity contribution >= 4 is 22.9 Å². The van der Waals surface area contributed by atoms with E-state index in [1.807, 2.05) is 36.4 Å². The topological polar surface area (TPSA) is 112 Å². The van der Waals surface area contributed by atoms with E-state index in [2.05, 4.69) is 25.6 Å². The highest BCUT2D eigenvalue weighted by Crippen LogP contribution is 2.22. The van der Waals surface area contributed by atoms with Gasteiger partial charge in [0.2, 0.25) is 0 Å². The molecule has 3 aromatic rings. The minimum Gasteiger partial charge on any atom is -0.455 e. The lowest BCUT2D eigenvalue weighted by molar-refractivity contribution is 0.251. The van der Waals surface area contributed by atoms with Crippen LogP contribution in [0, 0.1) is 0 Å². The molecule has 4 rings (SSSR count). The lowest BCUT2D eigenvalue weighted by Gasteiger charge is -2.12. The van der Waals surface area contributed by atoms with E-state index >= 15 is 0 Å². The summed E-state index contributed by atoms with van der Waals surface area (Å²) >= 11 is 0. The summed E-state index contributed by atoms with van der Waals surface area (Å²) in [7, 11) is 0. The van der Waals surface area contributed by atoms with E-state index in [0.717, 1.165) is 0 Å². The number of allylic oxidation sites excluding steroid dienone is 3. The number of nitrogens with one attached hydrogen (secondary N) is 4. The summed E-state index contributed by atoms with van der Waals surface area (Å²) < 4.78 is 5.88. The van der Waals surface area contributed by atoms with Crippen LogP contribution in [-0.2, 0) is 0 Å². The lowest BCUT2D eigenvalue weighted by atomic mass is 10.2. The summed E-state index contributed by atoms with van der Waals surface area (Å²) in [6.45, 7) is 0. The highest BCUT2D eigenvalue weighted by molar-refractivity contribution is 5.89. The Morgan fingerprint density at radius 2 is 1.96 bits per heavy atom. The van der Waals surface area contributed by atoms with Crippen LogP contribution in [-0.4, -0.2) is 27.0 Å². The quantitative estimate of drug-likeness (QED) is 0.562. The van der Waals surface area contributed by atoms with Gasteiger partial charge in [-0.1, -0.05) is 36.4 Å². The number of aromatic amines is 2. The van der Waals surface area contributed by atoms with E-state index in [1.54, 1.807) is 36.6 Å². The highest BCUT2D eigenvalue weighted by Gasteiger charge is 2.11. The number of ether oxygens (including phenoxy) is 1. The van der Waals surface area contributed by atoms with Gasteiger partial charge in [-0.05, 0) is 24.3 Å². The Kier molecular flexibility index (Phi) is 4.75. The summed E-state index contributed by atoms with van der Waals surface area (Å²) in [5.41, 5.74) is 1.28. The average Bonchev–Trinajstić information content (AvgIpc) is 2.94. The second-order valence-electron chi connectivity index (χ2n) is 6.02. The predicted molar refractivity (Wildman–Crippen MR) is 106 cm³/mol. The van der Waals surface area contributed by atoms with Crippen molar-refractivity contribution in [1.82, 2.24) is 20.3 Å². The molecule has 1 atom stereocenters. The summed E-state index contributed by atoms with van der Waals surface area (Å²) in [5.74, 6) is 1.03. The van der Waals surface area contributed by atoms with Gasteiger partial charge in [0.1, 0.15) is 11.3 Å². The Morgan fingerprint density at radius 1 is 1.11 bits per heavy atom. The maximum Gasteiger partial charge on any atom is 0.325 e. The number of hydrogen-bond acceptors (Lipinski definition) is 4. The van der Waals surface area contributed by atoms with E-state index in [-0.39, 0.29) is 17.8 Å². The zero-order chi connectivity index (χ0) is 19.3. The molecule has 0 radical (unpaired) electrons. The third-order valence-corrected chi connectivity index (χ3v) is 3.99. The molecule has 1 unspecified atom stereocenters. The summed E-state index contributed by atoms with van der Waals surface area (Å²) in [4.78, 5) is 32.9. The second-order valence-corrected chi connectivity index (χ2v) is 6.02. The van der Waals surface area contributed by atoms with Gasteiger partial charge in [-0.2, -0.15) is 0 Å². The normalized spacial score (nSPS) is 15.7. The summed E-state index contributed by atoms with van der Waals surface area (Å²) in [6.07, 6.45) is 10.5. The number of carbonyl (C=O) groups excluding carboxylic acids is 1. The number of anilines is 1. The number of urea groups is 1. The van der Waals surface area contributed by atoms with E-state index < -0.39 is 0 Å². The first-order valence-electron chi connectivity index (χ1n) is 8.61. The van der Waals surface area contributed by atoms with E-state index in [4.69, 9.17) is 4.74 Å². The van der Waals surface area contributed by atoms with E-state index in [9.17, 15) is 9.59 Å². The summed E-state index contributed by atoms with van der Waals surface area (Å²) in [6, 6.07) is 10.3. The maximum absolute atomic E-state index is 12.1. The zero-order valence-corrected chi connectivity index (χ0v) is 14.7. The fourth-order valence-corrected chi connectivity index (χ4v) is 2.72. The van der Waals surface area contributed by atoms with E-state index in [0.29, 0.717) is 28.4 Å². The van der Waals surface area contributed by atoms with Gasteiger partial charge in [0.25, 0.3) is 0 Å². The molecule has 0 fully saturated rings. The first-order valence-corrected chi connectivity index (χ1v) is 8.61. The van der Waals surface area contributed by atoms with Crippen LogP contribution in [0.2, 0.25) is 0 Å². The molecule has 1 aromatic carbocycles. The number of amides is 2. The zero-order valence-electron chi connectivity index (χ0n) is 14.7. The SMILES string of the molecule is O=C(Nc1ccccc1)NC1C=CC=C(Oc2ccnc3[nH]c(=O)[nH]c23)C=C1. The number of nitrogens with zero attached hydrogens (tertiary/aromatic N) is 1. The number of rotatable bonds is 4. The number of imidazole rings is 1. The standard InChI is InChI=1S/C20H17N5O3/c26-19(22-13-5-2-1-3-6-13)23-14-7-4-8-15(10-9-14)28-16-11-12-21-18-17(16)24-20(27)25-18/h1-12,14H,(H2,22,23,26)(H2,21,24,25,27). The van der Waals surface area contributed by atoms with Crippen molar-refractivity contribution in [2.24, 2.45) is 0 Å². The van der Waals surface area contributed by atoms with Crippen molar-refractivity contribution in [3.05, 3.63) is 89.2 Å². The first-order chi connectivity index (χ1) is 13.7. The Bertz CT molecular complexity index is 1140. The van der Waals surface area contributed by atoms with Crippen LogP contribution in [0.3, 0.4) is 0 Å². The molecule has 4 N–H and O–H groups in total. The highest BCUT2D eigenvalue weighted by atomic mass is 16.5. The number of para-hydroxylation sites is 1. The molecular weight excluding hydrogens is 358 g/mol. The smallest absolute Gasteiger partial charge is 0.325 e. The lowest BCUT2D eigenvalue weighted by Crippen LogP contribution is -2.35. The molecule has 2 amide bonds. The van der Waals surface area contributed by atoms with Gasteiger partial charge in [-0.15, -0.1) is 0 Å². The molecule has 0 aliphatic heterocycles. The van der Waals surface area contributed by atoms with Crippen LogP contribution >= 0.6 is 0 Å². The first kappa shape index (κ1) is 17.3. The van der Waals surface area contributed by atoms with Crippen molar-refractivity contribution in [3.63, 3.8) is 0 Å². The average molecular weight is 375 g/mol. The minimum atomic E-state index is -0.350. The molecule has 0 saturated carbocycles. The Morgan fingerprint density at radius 3 is 2.82 bits per heavy atom. The molecule has 0 spiro atoms. The molecule has 0 bridgehead atoms. The van der Waals surface area contributed by atoms with Gasteiger partial charge in [-0.3, -0.25) is 4.98 Å². The van der Waals surface area contributed by atoms with Crippen LogP contribution < -0.4 is 21.1 Å². The number of carbonyl (C=O) groups is 1. The minimum absolute atomic E-state index is 0.300. The van der Waals surface area contributed by atoms with Gasteiger partial charge in [-0.25, -0.2) is 14.6 Å². The maximum atomic E-state index is 12.1. The largest absolute Gasteiger partial charge is 0.455 e. The molecule has 1 aliphatic carbocycles. The monoisotopic (exact) mass is 375 g/mol. The fourth-order valence-electron chi connectivity index (χ4n) is 2.72. The number of fused-ring (bicyclic) bond motifs is 1. The van der Waals surface area contributed by atoms with Gasteiger partial charge < -0.3 is 20.4 Å². The van der Waals surface area contributed by atoms with Crippen molar-refractivity contribution in [3.8, 4) is 5.75 Å². The van der Waals surface area contributed by atoms with Gasteiger partial charge in [0, 0.05) is 18.0 Å². The Balaban J connectivity index is 1.42. The predicted octanol–water partition coefficient (Wildman–Crippen LogP) is 2.83. The number of pyridine rings is 1. The summed E-state index contributed by atoms with van der Waals surface area (Å²) in [5, 5.41) is 5.62. The van der Waals surface area contributed by atoms with Crippen LogP contribution in [0.1, 0.15) is 0 Å². The second kappa shape index (κ2) is 7.67. The van der Waals surface area contributed by atoms with Crippen molar-refractivity contribution in [2.75, 3.05) is 5.32 Å². The van der Waals surface area contributed by atoms with Crippen molar-refractivity contribution in [2.45, 2.75) is 6.04 Å². The Labute approximate surface area is 159 Å². The Hall–Kier alpha value is -4.07. The molecular formula is C20H17N5O3. The molecule has 2 heterocycles. The molecule has 140 valence electrons. The van der Waals surface area contributed by atoms with Crippen molar-refractivity contribution < 1.29 is 9.53 Å². The van der Waals surface area contributed by atoms with Crippen LogP contribution in [0.25, 0.3) is 11.2 Å². The van der Waals surface area contributed by atoms with Gasteiger partial charge >= 0.3 is 11.7 Å². The van der Waals surface area contributed by atoms with Crippen LogP contribution in [0.4, 0.5) is 10.5 Å². The van der Waals surface area contributed by atoms with Crippen LogP contribution in [0.5, 0.6) is 5.75 Å². The van der Waals surface area contributed by atoms with Crippen LogP contribution in [0.15, 0.2) is 83.5 Å². The third kappa shape index (κ3) is 4.01. The molecule has 2 aromatic heterocycles. The van der Waals surface area contributed by atoms with Crippen molar-refractivity contribution in [1.29, 1.82) is 0 Å². The number of H-pyrrole nitrogens is 2. The number of hydrogen-bond donors (Lipinski definition) is 4. The molecule has 28 heavy (non-hydrogen) atoms. The molecule has 8 heteroatoms. The van der Waals surface area contributed by atoms with Gasteiger partial charge in [0.05, 0.1) is 6.04 Å². The van der Waals surface area contributed by atoms with E-state index in [1.165, 1.54) is 0 Å². The molecule has 1 aliphatic rings. The molecule has 8 nitrogen and oxygen atoms in total. The van der Waals surface area contributed by atoms with Gasteiger partial charge in [0.15, 0.2) is 11.4 Å². The third-order valence-electron chi connectivity index (χ3n) is 3.99. The number of aromatic nitrogens is 3. The number of benzene rings is 1.